The summed E-state index contributed by atoms with van der Waals surface area (Å²) in [4.78, 5) is 11.5. The first kappa shape index (κ1) is 11.5. The summed E-state index contributed by atoms with van der Waals surface area (Å²) >= 11 is 0. The van der Waals surface area contributed by atoms with Crippen molar-refractivity contribution in [2.24, 2.45) is 0 Å². The van der Waals surface area contributed by atoms with Crippen molar-refractivity contribution in [1.29, 1.82) is 0 Å². The van der Waals surface area contributed by atoms with Crippen molar-refractivity contribution in [3.05, 3.63) is 47.5 Å². The van der Waals surface area contributed by atoms with Gasteiger partial charge < -0.3 is 4.74 Å². The molecule has 1 aliphatic carbocycles. The van der Waals surface area contributed by atoms with Gasteiger partial charge in [0.15, 0.2) is 0 Å². The van der Waals surface area contributed by atoms with Crippen molar-refractivity contribution >= 4 is 5.97 Å². The SMILES string of the molecule is COC(=O)[C@H]1C=C(C2(c3ccccc3)CC2)CN1. The molecule has 1 atom stereocenters. The lowest BCUT2D eigenvalue weighted by atomic mass is 9.88. The fourth-order valence-electron chi connectivity index (χ4n) is 2.82. The van der Waals surface area contributed by atoms with Crippen molar-refractivity contribution < 1.29 is 9.53 Å². The Hall–Kier alpha value is -1.61. The Morgan fingerprint density at radius 1 is 1.33 bits per heavy atom. The molecule has 1 fully saturated rings. The van der Waals surface area contributed by atoms with E-state index in [0.29, 0.717) is 0 Å². The maximum Gasteiger partial charge on any atom is 0.326 e. The van der Waals surface area contributed by atoms with Gasteiger partial charge in [0.2, 0.25) is 0 Å². The van der Waals surface area contributed by atoms with Crippen molar-refractivity contribution in [1.82, 2.24) is 5.32 Å². The molecule has 2 aliphatic rings. The van der Waals surface area contributed by atoms with Gasteiger partial charge in [-0.2, -0.15) is 0 Å². The van der Waals surface area contributed by atoms with Crippen LogP contribution in [0, 0.1) is 0 Å². The topological polar surface area (TPSA) is 38.3 Å². The Labute approximate surface area is 107 Å². The minimum Gasteiger partial charge on any atom is -0.468 e. The van der Waals surface area contributed by atoms with Gasteiger partial charge in [-0.15, -0.1) is 0 Å². The predicted octanol–water partition coefficient (Wildman–Crippen LogP) is 1.79. The standard InChI is InChI=1S/C15H17NO2/c1-18-14(17)13-9-12(10-16-13)15(7-8-15)11-5-3-2-4-6-11/h2-6,9,13,16H,7-8,10H2,1H3/t13-/m1/s1. The van der Waals surface area contributed by atoms with Crippen LogP contribution >= 0.6 is 0 Å². The molecule has 3 nitrogen and oxygen atoms in total. The van der Waals surface area contributed by atoms with Crippen molar-refractivity contribution in [3.63, 3.8) is 0 Å². The van der Waals surface area contributed by atoms with Gasteiger partial charge in [0, 0.05) is 12.0 Å². The predicted molar refractivity (Wildman–Crippen MR) is 69.2 cm³/mol. The number of ether oxygens (including phenoxy) is 1. The molecular weight excluding hydrogens is 226 g/mol. The van der Waals surface area contributed by atoms with Crippen LogP contribution in [0.3, 0.4) is 0 Å². The molecule has 0 radical (unpaired) electrons. The second-order valence-corrected chi connectivity index (χ2v) is 5.02. The van der Waals surface area contributed by atoms with E-state index in [9.17, 15) is 4.79 Å². The number of carbonyl (C=O) groups is 1. The van der Waals surface area contributed by atoms with Crippen molar-refractivity contribution in [2.45, 2.75) is 24.3 Å². The summed E-state index contributed by atoms with van der Waals surface area (Å²) < 4.78 is 4.78. The van der Waals surface area contributed by atoms with Crippen LogP contribution in [0.2, 0.25) is 0 Å². The third-order valence-electron chi connectivity index (χ3n) is 4.03. The highest BCUT2D eigenvalue weighted by molar-refractivity contribution is 5.79. The van der Waals surface area contributed by atoms with E-state index in [1.54, 1.807) is 0 Å². The van der Waals surface area contributed by atoms with Crippen LogP contribution in [0.25, 0.3) is 0 Å². The summed E-state index contributed by atoms with van der Waals surface area (Å²) in [6, 6.07) is 10.3. The molecule has 0 aromatic heterocycles. The molecule has 3 heteroatoms. The van der Waals surface area contributed by atoms with Gasteiger partial charge in [-0.05, 0) is 24.0 Å². The highest BCUT2D eigenvalue weighted by Crippen LogP contribution is 2.54. The molecule has 94 valence electrons. The fourth-order valence-corrected chi connectivity index (χ4v) is 2.82. The smallest absolute Gasteiger partial charge is 0.326 e. The molecule has 3 rings (SSSR count). The van der Waals surface area contributed by atoms with Gasteiger partial charge in [-0.25, -0.2) is 0 Å². The van der Waals surface area contributed by atoms with Crippen LogP contribution < -0.4 is 5.32 Å². The maximum atomic E-state index is 11.5. The Morgan fingerprint density at radius 2 is 2.06 bits per heavy atom. The maximum absolute atomic E-state index is 11.5. The molecule has 0 spiro atoms. The van der Waals surface area contributed by atoms with Crippen LogP contribution in [0.4, 0.5) is 0 Å². The molecule has 1 aromatic carbocycles. The highest BCUT2D eigenvalue weighted by Gasteiger charge is 2.48. The Kier molecular flexibility index (Phi) is 2.71. The molecule has 0 unspecified atom stereocenters. The number of esters is 1. The van der Waals surface area contributed by atoms with Crippen LogP contribution in [-0.2, 0) is 14.9 Å². The van der Waals surface area contributed by atoms with Crippen LogP contribution in [-0.4, -0.2) is 25.7 Å². The number of carbonyl (C=O) groups excluding carboxylic acids is 1. The molecule has 0 amide bonds. The number of benzene rings is 1. The van der Waals surface area contributed by atoms with Gasteiger partial charge in [0.25, 0.3) is 0 Å². The number of methoxy groups -OCH3 is 1. The number of hydrogen-bond acceptors (Lipinski definition) is 3. The van der Waals surface area contributed by atoms with E-state index in [1.165, 1.54) is 31.1 Å². The first-order valence-corrected chi connectivity index (χ1v) is 6.34. The molecule has 18 heavy (non-hydrogen) atoms. The second kappa shape index (κ2) is 4.25. The Morgan fingerprint density at radius 3 is 2.67 bits per heavy atom. The third-order valence-corrected chi connectivity index (χ3v) is 4.03. The number of hydrogen-bond donors (Lipinski definition) is 1. The first-order valence-electron chi connectivity index (χ1n) is 6.34. The van der Waals surface area contributed by atoms with Gasteiger partial charge in [-0.1, -0.05) is 36.4 Å². The average molecular weight is 243 g/mol. The molecule has 1 heterocycles. The van der Waals surface area contributed by atoms with Gasteiger partial charge in [0.05, 0.1) is 7.11 Å². The van der Waals surface area contributed by atoms with E-state index in [0.717, 1.165) is 6.54 Å². The summed E-state index contributed by atoms with van der Waals surface area (Å²) in [5.41, 5.74) is 2.88. The van der Waals surface area contributed by atoms with E-state index in [2.05, 4.69) is 29.6 Å². The zero-order valence-electron chi connectivity index (χ0n) is 10.5. The molecule has 0 bridgehead atoms. The molecule has 1 aliphatic heterocycles. The first-order chi connectivity index (χ1) is 8.76. The number of nitrogens with one attached hydrogen (secondary N) is 1. The monoisotopic (exact) mass is 243 g/mol. The summed E-state index contributed by atoms with van der Waals surface area (Å²) in [7, 11) is 1.43. The molecule has 0 saturated heterocycles. The summed E-state index contributed by atoms with van der Waals surface area (Å²) in [5.74, 6) is -0.200. The van der Waals surface area contributed by atoms with E-state index >= 15 is 0 Å². The second-order valence-electron chi connectivity index (χ2n) is 5.02. The molecule has 1 N–H and O–H groups in total. The van der Waals surface area contributed by atoms with Gasteiger partial charge >= 0.3 is 5.97 Å². The van der Waals surface area contributed by atoms with Gasteiger partial charge in [-0.3, -0.25) is 10.1 Å². The lowest BCUT2D eigenvalue weighted by Crippen LogP contribution is -2.32. The molecular formula is C15H17NO2. The summed E-state index contributed by atoms with van der Waals surface area (Å²) in [5, 5.41) is 3.21. The van der Waals surface area contributed by atoms with Crippen LogP contribution in [0.5, 0.6) is 0 Å². The minimum atomic E-state index is -0.272. The third kappa shape index (κ3) is 1.75. The fraction of sp³-hybridized carbons (Fsp3) is 0.400. The van der Waals surface area contributed by atoms with E-state index in [1.807, 2.05) is 12.1 Å². The summed E-state index contributed by atoms with van der Waals surface area (Å²) in [6.45, 7) is 0.786. The summed E-state index contributed by atoms with van der Waals surface area (Å²) in [6.07, 6.45) is 4.41. The lowest BCUT2D eigenvalue weighted by Gasteiger charge is -2.16. The zero-order chi connectivity index (χ0) is 12.6. The van der Waals surface area contributed by atoms with Crippen LogP contribution in [0.15, 0.2) is 42.0 Å². The minimum absolute atomic E-state index is 0.178. The largest absolute Gasteiger partial charge is 0.468 e. The van der Waals surface area contributed by atoms with E-state index in [4.69, 9.17) is 4.74 Å². The highest BCUT2D eigenvalue weighted by atomic mass is 16.5. The quantitative estimate of drug-likeness (QED) is 0.649. The Bertz CT molecular complexity index is 488. The van der Waals surface area contributed by atoms with Crippen LogP contribution in [0.1, 0.15) is 18.4 Å². The van der Waals surface area contributed by atoms with Crippen molar-refractivity contribution in [2.75, 3.05) is 13.7 Å². The van der Waals surface area contributed by atoms with Gasteiger partial charge in [0.1, 0.15) is 6.04 Å². The normalized spacial score (nSPS) is 24.5. The molecule has 1 aromatic rings. The lowest BCUT2D eigenvalue weighted by molar-refractivity contribution is -0.141. The van der Waals surface area contributed by atoms with E-state index in [-0.39, 0.29) is 17.4 Å². The average Bonchev–Trinajstić information content (AvgIpc) is 3.10. The van der Waals surface area contributed by atoms with Crippen molar-refractivity contribution in [3.8, 4) is 0 Å². The zero-order valence-corrected chi connectivity index (χ0v) is 10.5. The number of rotatable bonds is 3. The van der Waals surface area contributed by atoms with E-state index < -0.39 is 0 Å². The molecule has 1 saturated carbocycles. The Balaban J connectivity index is 1.86.